The van der Waals surface area contributed by atoms with Crippen molar-refractivity contribution in [2.24, 2.45) is 10.8 Å². The minimum Gasteiger partial charge on any atom is -0.366 e. The Balaban J connectivity index is 1.63. The van der Waals surface area contributed by atoms with E-state index >= 15 is 0 Å². The van der Waals surface area contributed by atoms with E-state index in [-0.39, 0.29) is 25.1 Å². The van der Waals surface area contributed by atoms with Gasteiger partial charge in [-0.05, 0) is 48.5 Å². The zero-order chi connectivity index (χ0) is 21.7. The summed E-state index contributed by atoms with van der Waals surface area (Å²) >= 11 is 0. The number of carbonyl (C=O) groups is 4. The summed E-state index contributed by atoms with van der Waals surface area (Å²) in [6.07, 6.45) is 0.148. The molecule has 10 heteroatoms. The monoisotopic (exact) mass is 411 g/mol. The molecule has 30 heavy (non-hydrogen) atoms. The summed E-state index contributed by atoms with van der Waals surface area (Å²) in [6, 6.07) is 11.1. The van der Waals surface area contributed by atoms with Crippen LogP contribution in [0.4, 0.5) is 15.8 Å². The number of hydrogen-bond donors (Lipinski definition) is 3. The summed E-state index contributed by atoms with van der Waals surface area (Å²) in [5, 5.41) is 10.1. The van der Waals surface area contributed by atoms with Crippen LogP contribution in [0.25, 0.3) is 0 Å². The number of amides is 4. The second kappa shape index (κ2) is 8.95. The Hall–Kier alpha value is -4.08. The summed E-state index contributed by atoms with van der Waals surface area (Å²) in [5.41, 5.74) is 6.32. The number of nitrogens with one attached hydrogen (secondary N) is 2. The molecule has 154 valence electrons. The Labute approximate surface area is 170 Å². The van der Waals surface area contributed by atoms with Crippen molar-refractivity contribution in [3.05, 3.63) is 59.9 Å². The summed E-state index contributed by atoms with van der Waals surface area (Å²) in [5.74, 6) is -2.49. The molecule has 0 radical (unpaired) electrons. The van der Waals surface area contributed by atoms with Crippen LogP contribution < -0.4 is 16.4 Å². The van der Waals surface area contributed by atoms with Crippen LogP contribution in [0.15, 0.2) is 53.6 Å². The molecular formula is C20H18FN5O4. The lowest BCUT2D eigenvalue weighted by Crippen LogP contribution is -2.40. The highest BCUT2D eigenvalue weighted by atomic mass is 19.1. The smallest absolute Gasteiger partial charge is 0.271 e. The van der Waals surface area contributed by atoms with Gasteiger partial charge in [0.25, 0.3) is 5.91 Å². The molecule has 3 rings (SSSR count). The summed E-state index contributed by atoms with van der Waals surface area (Å²) in [4.78, 5) is 47.8. The van der Waals surface area contributed by atoms with Crippen LogP contribution in [0.2, 0.25) is 0 Å². The largest absolute Gasteiger partial charge is 0.366 e. The van der Waals surface area contributed by atoms with E-state index < -0.39 is 29.4 Å². The molecule has 0 aliphatic carbocycles. The highest BCUT2D eigenvalue weighted by Crippen LogP contribution is 2.14. The fourth-order valence-electron chi connectivity index (χ4n) is 2.68. The Bertz CT molecular complexity index is 1020. The van der Waals surface area contributed by atoms with Crippen LogP contribution in [-0.2, 0) is 14.4 Å². The normalized spacial score (nSPS) is 13.4. The van der Waals surface area contributed by atoms with Crippen molar-refractivity contribution in [2.75, 3.05) is 17.2 Å². The highest BCUT2D eigenvalue weighted by molar-refractivity contribution is 6.43. The fraction of sp³-hybridized carbons (Fsp3) is 0.150. The molecule has 1 heterocycles. The zero-order valence-corrected chi connectivity index (χ0v) is 15.7. The first-order chi connectivity index (χ1) is 14.3. The van der Waals surface area contributed by atoms with E-state index in [0.29, 0.717) is 16.9 Å². The molecule has 0 bridgehead atoms. The molecule has 4 amide bonds. The van der Waals surface area contributed by atoms with E-state index in [0.717, 1.165) is 5.01 Å². The van der Waals surface area contributed by atoms with Gasteiger partial charge < -0.3 is 16.4 Å². The van der Waals surface area contributed by atoms with Gasteiger partial charge in [-0.2, -0.15) is 5.10 Å². The van der Waals surface area contributed by atoms with Crippen molar-refractivity contribution in [2.45, 2.75) is 12.8 Å². The van der Waals surface area contributed by atoms with Gasteiger partial charge >= 0.3 is 0 Å². The maximum Gasteiger partial charge on any atom is 0.271 e. The SMILES string of the molecule is NC(=O)c1ccc(NC(=O)CN2N=C(C(=O)Nc3ccc(F)cc3)CCC2=O)cc1. The van der Waals surface area contributed by atoms with Gasteiger partial charge in [0.1, 0.15) is 18.1 Å². The van der Waals surface area contributed by atoms with Gasteiger partial charge in [0.2, 0.25) is 17.7 Å². The van der Waals surface area contributed by atoms with E-state index in [1.165, 1.54) is 48.5 Å². The number of hydrazone groups is 1. The lowest BCUT2D eigenvalue weighted by Gasteiger charge is -2.22. The predicted molar refractivity (Wildman–Crippen MR) is 107 cm³/mol. The van der Waals surface area contributed by atoms with E-state index in [1.807, 2.05) is 0 Å². The summed E-state index contributed by atoms with van der Waals surface area (Å²) < 4.78 is 13.0. The molecule has 2 aromatic carbocycles. The minimum absolute atomic E-state index is 0.0241. The standard InChI is InChI=1S/C20H18FN5O4/c21-13-3-7-15(8-4-13)24-20(30)16-9-10-18(28)26(25-16)11-17(27)23-14-5-1-12(2-6-14)19(22)29/h1-8H,9-11H2,(H2,22,29)(H,23,27)(H,24,30). The van der Waals surface area contributed by atoms with E-state index in [4.69, 9.17) is 5.73 Å². The zero-order valence-electron chi connectivity index (χ0n) is 15.7. The van der Waals surface area contributed by atoms with E-state index in [9.17, 15) is 23.6 Å². The summed E-state index contributed by atoms with van der Waals surface area (Å²) in [7, 11) is 0. The quantitative estimate of drug-likeness (QED) is 0.664. The second-order valence-electron chi connectivity index (χ2n) is 6.45. The molecule has 0 atom stereocenters. The van der Waals surface area contributed by atoms with Crippen molar-refractivity contribution >= 4 is 40.7 Å². The lowest BCUT2D eigenvalue weighted by atomic mass is 10.1. The Kier molecular flexibility index (Phi) is 6.16. The first kappa shape index (κ1) is 20.6. The van der Waals surface area contributed by atoms with Crippen molar-refractivity contribution in [1.82, 2.24) is 5.01 Å². The summed E-state index contributed by atoms with van der Waals surface area (Å²) in [6.45, 7) is -0.385. The van der Waals surface area contributed by atoms with Crippen LogP contribution in [0.5, 0.6) is 0 Å². The van der Waals surface area contributed by atoms with Gasteiger partial charge in [0, 0.05) is 29.8 Å². The third-order valence-corrected chi connectivity index (χ3v) is 4.22. The van der Waals surface area contributed by atoms with E-state index in [2.05, 4.69) is 15.7 Å². The van der Waals surface area contributed by atoms with E-state index in [1.54, 1.807) is 0 Å². The average molecular weight is 411 g/mol. The molecule has 0 unspecified atom stereocenters. The van der Waals surface area contributed by atoms with Crippen LogP contribution in [-0.4, -0.2) is 40.9 Å². The molecule has 0 saturated heterocycles. The first-order valence-electron chi connectivity index (χ1n) is 8.96. The number of benzene rings is 2. The number of carbonyl (C=O) groups excluding carboxylic acids is 4. The lowest BCUT2D eigenvalue weighted by molar-refractivity contribution is -0.135. The topological polar surface area (TPSA) is 134 Å². The molecule has 2 aromatic rings. The van der Waals surface area contributed by atoms with Crippen LogP contribution in [0.3, 0.4) is 0 Å². The molecule has 0 spiro atoms. The van der Waals surface area contributed by atoms with Crippen molar-refractivity contribution < 1.29 is 23.6 Å². The maximum absolute atomic E-state index is 13.0. The third kappa shape index (κ3) is 5.25. The molecule has 1 aliphatic rings. The number of nitrogens with zero attached hydrogens (tertiary/aromatic N) is 2. The Morgan fingerprint density at radius 2 is 1.57 bits per heavy atom. The van der Waals surface area contributed by atoms with Gasteiger partial charge in [0.05, 0.1) is 0 Å². The number of hydrogen-bond acceptors (Lipinski definition) is 5. The van der Waals surface area contributed by atoms with Crippen LogP contribution in [0.1, 0.15) is 23.2 Å². The van der Waals surface area contributed by atoms with Gasteiger partial charge in [-0.3, -0.25) is 19.2 Å². The molecule has 1 aliphatic heterocycles. The Morgan fingerprint density at radius 3 is 2.20 bits per heavy atom. The molecule has 9 nitrogen and oxygen atoms in total. The van der Waals surface area contributed by atoms with Crippen molar-refractivity contribution in [3.8, 4) is 0 Å². The second-order valence-corrected chi connectivity index (χ2v) is 6.45. The Morgan fingerprint density at radius 1 is 0.967 bits per heavy atom. The van der Waals surface area contributed by atoms with Gasteiger partial charge in [0.15, 0.2) is 0 Å². The maximum atomic E-state index is 13.0. The number of halogens is 1. The fourth-order valence-corrected chi connectivity index (χ4v) is 2.68. The van der Waals surface area contributed by atoms with Crippen LogP contribution in [0, 0.1) is 5.82 Å². The van der Waals surface area contributed by atoms with Crippen LogP contribution >= 0.6 is 0 Å². The molecule has 0 saturated carbocycles. The molecule has 0 aromatic heterocycles. The average Bonchev–Trinajstić information content (AvgIpc) is 2.71. The first-order valence-corrected chi connectivity index (χ1v) is 8.96. The number of primary amides is 1. The molecule has 4 N–H and O–H groups in total. The van der Waals surface area contributed by atoms with Gasteiger partial charge in [-0.25, -0.2) is 9.40 Å². The minimum atomic E-state index is -0.590. The highest BCUT2D eigenvalue weighted by Gasteiger charge is 2.26. The van der Waals surface area contributed by atoms with Crippen molar-refractivity contribution in [1.29, 1.82) is 0 Å². The van der Waals surface area contributed by atoms with Gasteiger partial charge in [-0.1, -0.05) is 0 Å². The van der Waals surface area contributed by atoms with Crippen molar-refractivity contribution in [3.63, 3.8) is 0 Å². The molecule has 0 fully saturated rings. The number of rotatable bonds is 6. The predicted octanol–water partition coefficient (Wildman–Crippen LogP) is 1.48. The number of anilines is 2. The molecular weight excluding hydrogens is 393 g/mol. The van der Waals surface area contributed by atoms with Gasteiger partial charge in [-0.15, -0.1) is 0 Å². The third-order valence-electron chi connectivity index (χ3n) is 4.22. The number of nitrogens with two attached hydrogens (primary N) is 1.